The van der Waals surface area contributed by atoms with Gasteiger partial charge in [0.15, 0.2) is 0 Å². The number of benzene rings is 2. The molecular formula is C28H35N5O3. The zero-order valence-electron chi connectivity index (χ0n) is 21.2. The largest absolute Gasteiger partial charge is 0.361 e. The Balaban J connectivity index is 1.63. The Morgan fingerprint density at radius 1 is 1.14 bits per heavy atom. The molecule has 0 aliphatic carbocycles. The molecule has 8 nitrogen and oxygen atoms in total. The number of hydrogen-bond acceptors (Lipinski definition) is 4. The molecule has 1 aromatic heterocycles. The van der Waals surface area contributed by atoms with Gasteiger partial charge in [0.25, 0.3) is 0 Å². The third kappa shape index (κ3) is 5.44. The van der Waals surface area contributed by atoms with E-state index in [-0.39, 0.29) is 17.7 Å². The molecule has 2 atom stereocenters. The number of aromatic nitrogens is 1. The minimum Gasteiger partial charge on any atom is -0.361 e. The number of carbonyl (C=O) groups is 3. The molecule has 0 saturated carbocycles. The Labute approximate surface area is 211 Å². The summed E-state index contributed by atoms with van der Waals surface area (Å²) in [6.45, 7) is 4.04. The minimum absolute atomic E-state index is 0.162. The van der Waals surface area contributed by atoms with Crippen molar-refractivity contribution in [3.8, 4) is 0 Å². The van der Waals surface area contributed by atoms with Crippen LogP contribution in [0, 0.1) is 0 Å². The number of likely N-dealkylation sites (N-methyl/N-ethyl adjacent to an activating group) is 1. The fourth-order valence-corrected chi connectivity index (χ4v) is 4.90. The molecule has 3 aromatic rings. The van der Waals surface area contributed by atoms with Crippen LogP contribution >= 0.6 is 0 Å². The standard InChI is InChI=1S/C28H35N5O3/c1-28(2,29)27(36)32(3)24(17-20-18-31-22-12-8-7-11-21(20)22)26(35)33-16-15-30-25(34)23(33)14-13-19-9-5-4-6-10-19/h4-12,18,23-24,31H,13-17,29H2,1-3H3,(H,30,34)/t23-,24-/m1/s1. The van der Waals surface area contributed by atoms with E-state index in [9.17, 15) is 14.4 Å². The summed E-state index contributed by atoms with van der Waals surface area (Å²) in [6, 6.07) is 16.4. The molecule has 1 aliphatic heterocycles. The normalized spacial score (nSPS) is 17.1. The van der Waals surface area contributed by atoms with Crippen molar-refractivity contribution in [1.29, 1.82) is 0 Å². The van der Waals surface area contributed by atoms with Gasteiger partial charge in [-0.15, -0.1) is 0 Å². The van der Waals surface area contributed by atoms with Gasteiger partial charge in [0.1, 0.15) is 12.1 Å². The van der Waals surface area contributed by atoms with Crippen LogP contribution in [-0.4, -0.2) is 70.3 Å². The predicted octanol–water partition coefficient (Wildman–Crippen LogP) is 2.23. The first-order chi connectivity index (χ1) is 17.2. The second-order valence-corrected chi connectivity index (χ2v) is 10.1. The van der Waals surface area contributed by atoms with Crippen molar-refractivity contribution >= 4 is 28.6 Å². The van der Waals surface area contributed by atoms with Crippen molar-refractivity contribution in [1.82, 2.24) is 20.1 Å². The number of aryl methyl sites for hydroxylation is 1. The lowest BCUT2D eigenvalue weighted by atomic mass is 9.97. The quantitative estimate of drug-likeness (QED) is 0.451. The number of nitrogens with two attached hydrogens (primary N) is 1. The van der Waals surface area contributed by atoms with Crippen molar-refractivity contribution in [3.05, 3.63) is 71.9 Å². The summed E-state index contributed by atoms with van der Waals surface area (Å²) < 4.78 is 0. The van der Waals surface area contributed by atoms with Gasteiger partial charge in [-0.05, 0) is 43.9 Å². The highest BCUT2D eigenvalue weighted by molar-refractivity contribution is 5.95. The Bertz CT molecular complexity index is 1230. The van der Waals surface area contributed by atoms with Crippen molar-refractivity contribution < 1.29 is 14.4 Å². The molecule has 3 amide bonds. The van der Waals surface area contributed by atoms with Gasteiger partial charge < -0.3 is 25.8 Å². The fourth-order valence-electron chi connectivity index (χ4n) is 4.90. The van der Waals surface area contributed by atoms with Crippen LogP contribution in [0.25, 0.3) is 10.9 Å². The second-order valence-electron chi connectivity index (χ2n) is 10.1. The molecule has 190 valence electrons. The molecule has 0 radical (unpaired) electrons. The number of rotatable bonds is 8. The predicted molar refractivity (Wildman–Crippen MR) is 140 cm³/mol. The molecule has 0 bridgehead atoms. The Kier molecular flexibility index (Phi) is 7.45. The minimum atomic E-state index is -1.14. The van der Waals surface area contributed by atoms with E-state index in [1.54, 1.807) is 25.8 Å². The Morgan fingerprint density at radius 3 is 2.56 bits per heavy atom. The summed E-state index contributed by atoms with van der Waals surface area (Å²) in [5, 5.41) is 3.90. The van der Waals surface area contributed by atoms with Crippen molar-refractivity contribution in [2.75, 3.05) is 20.1 Å². The van der Waals surface area contributed by atoms with E-state index < -0.39 is 17.6 Å². The molecular weight excluding hydrogens is 454 g/mol. The zero-order chi connectivity index (χ0) is 25.9. The Hall–Kier alpha value is -3.65. The summed E-state index contributed by atoms with van der Waals surface area (Å²) >= 11 is 0. The van der Waals surface area contributed by atoms with Crippen LogP contribution < -0.4 is 11.1 Å². The summed E-state index contributed by atoms with van der Waals surface area (Å²) in [5.74, 6) is -0.735. The maximum absolute atomic E-state index is 14.1. The number of fused-ring (bicyclic) bond motifs is 1. The fraction of sp³-hybridized carbons (Fsp3) is 0.393. The second kappa shape index (κ2) is 10.5. The highest BCUT2D eigenvalue weighted by Crippen LogP contribution is 2.24. The maximum Gasteiger partial charge on any atom is 0.246 e. The third-order valence-corrected chi connectivity index (χ3v) is 6.88. The van der Waals surface area contributed by atoms with E-state index in [2.05, 4.69) is 10.3 Å². The highest BCUT2D eigenvalue weighted by Gasteiger charge is 2.40. The summed E-state index contributed by atoms with van der Waals surface area (Å²) in [7, 11) is 1.62. The lowest BCUT2D eigenvalue weighted by Gasteiger charge is -2.40. The summed E-state index contributed by atoms with van der Waals surface area (Å²) in [6.07, 6.45) is 3.36. The van der Waals surface area contributed by atoms with E-state index >= 15 is 0 Å². The molecule has 2 aromatic carbocycles. The van der Waals surface area contributed by atoms with Gasteiger partial charge in [-0.1, -0.05) is 48.5 Å². The van der Waals surface area contributed by atoms with Gasteiger partial charge >= 0.3 is 0 Å². The van der Waals surface area contributed by atoms with Gasteiger partial charge in [0.05, 0.1) is 5.54 Å². The zero-order valence-corrected chi connectivity index (χ0v) is 21.2. The average molecular weight is 490 g/mol. The van der Waals surface area contributed by atoms with Crippen LogP contribution in [-0.2, 0) is 27.2 Å². The molecule has 1 aliphatic rings. The van der Waals surface area contributed by atoms with E-state index in [4.69, 9.17) is 5.73 Å². The van der Waals surface area contributed by atoms with Gasteiger partial charge in [0, 0.05) is 43.7 Å². The van der Waals surface area contributed by atoms with Crippen LogP contribution in [0.15, 0.2) is 60.8 Å². The third-order valence-electron chi connectivity index (χ3n) is 6.88. The van der Waals surface area contributed by atoms with Gasteiger partial charge in [-0.25, -0.2) is 0 Å². The van der Waals surface area contributed by atoms with E-state index in [0.717, 1.165) is 22.0 Å². The average Bonchev–Trinajstić information content (AvgIpc) is 3.28. The lowest BCUT2D eigenvalue weighted by molar-refractivity contribution is -0.152. The molecule has 8 heteroatoms. The number of H-pyrrole nitrogens is 1. The van der Waals surface area contributed by atoms with Gasteiger partial charge in [-0.3, -0.25) is 14.4 Å². The van der Waals surface area contributed by atoms with E-state index in [1.807, 2.05) is 60.8 Å². The molecule has 0 unspecified atom stereocenters. The highest BCUT2D eigenvalue weighted by atomic mass is 16.2. The molecule has 36 heavy (non-hydrogen) atoms. The molecule has 1 fully saturated rings. The van der Waals surface area contributed by atoms with Crippen molar-refractivity contribution in [2.45, 2.75) is 50.7 Å². The van der Waals surface area contributed by atoms with Crippen molar-refractivity contribution in [2.24, 2.45) is 5.73 Å². The lowest BCUT2D eigenvalue weighted by Crippen LogP contribution is -2.63. The number of para-hydroxylation sites is 1. The van der Waals surface area contributed by atoms with E-state index in [0.29, 0.717) is 32.4 Å². The number of amides is 3. The topological polar surface area (TPSA) is 112 Å². The number of hydrogen-bond donors (Lipinski definition) is 3. The van der Waals surface area contributed by atoms with Crippen molar-refractivity contribution in [3.63, 3.8) is 0 Å². The number of aromatic amines is 1. The smallest absolute Gasteiger partial charge is 0.246 e. The number of nitrogens with one attached hydrogen (secondary N) is 2. The first-order valence-corrected chi connectivity index (χ1v) is 12.4. The first-order valence-electron chi connectivity index (χ1n) is 12.4. The monoisotopic (exact) mass is 489 g/mol. The van der Waals surface area contributed by atoms with Crippen LogP contribution in [0.5, 0.6) is 0 Å². The molecule has 0 spiro atoms. The number of piperazine rings is 1. The van der Waals surface area contributed by atoms with Crippen LogP contribution in [0.3, 0.4) is 0 Å². The van der Waals surface area contributed by atoms with Gasteiger partial charge in [-0.2, -0.15) is 0 Å². The SMILES string of the molecule is CN(C(=O)C(C)(C)N)[C@H](Cc1c[nH]c2ccccc12)C(=O)N1CCNC(=O)[C@H]1CCc1ccccc1. The summed E-state index contributed by atoms with van der Waals surface area (Å²) in [4.78, 5) is 46.5. The maximum atomic E-state index is 14.1. The van der Waals surface area contributed by atoms with Crippen LogP contribution in [0.4, 0.5) is 0 Å². The van der Waals surface area contributed by atoms with Crippen LogP contribution in [0.2, 0.25) is 0 Å². The molecule has 4 N–H and O–H groups in total. The van der Waals surface area contributed by atoms with E-state index in [1.165, 1.54) is 4.90 Å². The van der Waals surface area contributed by atoms with Gasteiger partial charge in [0.2, 0.25) is 17.7 Å². The van der Waals surface area contributed by atoms with Crippen LogP contribution in [0.1, 0.15) is 31.4 Å². The summed E-state index contributed by atoms with van der Waals surface area (Å²) in [5.41, 5.74) is 8.00. The molecule has 2 heterocycles. The Morgan fingerprint density at radius 2 is 1.83 bits per heavy atom. The first kappa shape index (κ1) is 25.4. The number of carbonyl (C=O) groups excluding carboxylic acids is 3. The molecule has 1 saturated heterocycles. The molecule has 4 rings (SSSR count). The number of nitrogens with zero attached hydrogens (tertiary/aromatic N) is 2.